The second-order valence-corrected chi connectivity index (χ2v) is 6.51. The number of carbonyl (C=O) groups is 1. The maximum atomic E-state index is 12.3. The third-order valence-electron chi connectivity index (χ3n) is 3.82. The molecular weight excluding hydrogens is 254 g/mol. The lowest BCUT2D eigenvalue weighted by Gasteiger charge is -2.33. The summed E-state index contributed by atoms with van der Waals surface area (Å²) in [5, 5.41) is 0. The summed E-state index contributed by atoms with van der Waals surface area (Å²) in [6.07, 6.45) is 3.57. The highest BCUT2D eigenvalue weighted by molar-refractivity contribution is 8.00. The molecule has 3 heteroatoms. The minimum Gasteiger partial charge on any atom is -0.339 e. The summed E-state index contributed by atoms with van der Waals surface area (Å²) in [4.78, 5) is 15.6. The molecule has 2 nitrogen and oxygen atoms in total. The summed E-state index contributed by atoms with van der Waals surface area (Å²) in [5.41, 5.74) is 2.52. The molecule has 1 heterocycles. The van der Waals surface area contributed by atoms with E-state index >= 15 is 0 Å². The zero-order valence-electron chi connectivity index (χ0n) is 12.1. The van der Waals surface area contributed by atoms with Crippen LogP contribution in [0, 0.1) is 13.8 Å². The van der Waals surface area contributed by atoms with Crippen LogP contribution in [0.4, 0.5) is 0 Å². The topological polar surface area (TPSA) is 20.3 Å². The van der Waals surface area contributed by atoms with Crippen LogP contribution in [0.15, 0.2) is 23.1 Å². The van der Waals surface area contributed by atoms with Crippen LogP contribution >= 0.6 is 11.8 Å². The zero-order valence-corrected chi connectivity index (χ0v) is 12.9. The minimum absolute atomic E-state index is 0.290. The predicted molar refractivity (Wildman–Crippen MR) is 81.7 cm³/mol. The van der Waals surface area contributed by atoms with Gasteiger partial charge in [0.1, 0.15) is 0 Å². The molecule has 0 aromatic heterocycles. The molecule has 0 N–H and O–H groups in total. The van der Waals surface area contributed by atoms with E-state index < -0.39 is 0 Å². The number of thioether (sulfide) groups is 1. The van der Waals surface area contributed by atoms with Crippen molar-refractivity contribution in [3.63, 3.8) is 0 Å². The van der Waals surface area contributed by atoms with Crippen LogP contribution in [0.5, 0.6) is 0 Å². The van der Waals surface area contributed by atoms with Gasteiger partial charge in [-0.15, -0.1) is 11.8 Å². The van der Waals surface area contributed by atoms with E-state index in [0.717, 1.165) is 19.4 Å². The maximum Gasteiger partial charge on any atom is 0.233 e. The van der Waals surface area contributed by atoms with Gasteiger partial charge in [-0.3, -0.25) is 4.79 Å². The Balaban J connectivity index is 1.94. The van der Waals surface area contributed by atoms with Gasteiger partial charge in [0.25, 0.3) is 0 Å². The van der Waals surface area contributed by atoms with Gasteiger partial charge in [0.2, 0.25) is 5.91 Å². The number of carbonyl (C=O) groups excluding carboxylic acids is 1. The number of hydrogen-bond donors (Lipinski definition) is 0. The van der Waals surface area contributed by atoms with Crippen molar-refractivity contribution in [3.8, 4) is 0 Å². The fraction of sp³-hybridized carbons (Fsp3) is 0.562. The fourth-order valence-electron chi connectivity index (χ4n) is 2.55. The molecule has 1 fully saturated rings. The van der Waals surface area contributed by atoms with Crippen molar-refractivity contribution in [3.05, 3.63) is 29.3 Å². The Bertz CT molecular complexity index is 458. The third-order valence-corrected chi connectivity index (χ3v) is 4.96. The first-order chi connectivity index (χ1) is 9.08. The molecule has 0 aliphatic carbocycles. The molecule has 1 atom stereocenters. The minimum atomic E-state index is 0.290. The van der Waals surface area contributed by atoms with Gasteiger partial charge in [0.05, 0.1) is 5.75 Å². The van der Waals surface area contributed by atoms with E-state index in [2.05, 4.69) is 43.9 Å². The number of nitrogens with zero attached hydrogens (tertiary/aromatic N) is 1. The number of amides is 1. The molecule has 0 bridgehead atoms. The Morgan fingerprint density at radius 2 is 2.16 bits per heavy atom. The zero-order chi connectivity index (χ0) is 13.8. The monoisotopic (exact) mass is 277 g/mol. The van der Waals surface area contributed by atoms with Gasteiger partial charge in [-0.05, 0) is 51.7 Å². The summed E-state index contributed by atoms with van der Waals surface area (Å²) in [5.74, 6) is 0.854. The molecule has 1 amide bonds. The van der Waals surface area contributed by atoms with Gasteiger partial charge in [-0.25, -0.2) is 0 Å². The summed E-state index contributed by atoms with van der Waals surface area (Å²) in [6.45, 7) is 7.31. The molecule has 0 spiro atoms. The van der Waals surface area contributed by atoms with Crippen LogP contribution in [0.3, 0.4) is 0 Å². The molecule has 2 rings (SSSR count). The molecular formula is C16H23NOS. The molecule has 1 aliphatic heterocycles. The third kappa shape index (κ3) is 3.75. The van der Waals surface area contributed by atoms with E-state index in [4.69, 9.17) is 0 Å². The molecule has 19 heavy (non-hydrogen) atoms. The highest BCUT2D eigenvalue weighted by Crippen LogP contribution is 2.25. The number of likely N-dealkylation sites (tertiary alicyclic amines) is 1. The van der Waals surface area contributed by atoms with Gasteiger partial charge < -0.3 is 4.90 Å². The summed E-state index contributed by atoms with van der Waals surface area (Å²) >= 11 is 1.67. The second kappa shape index (κ2) is 6.47. The standard InChI is InChI=1S/C16H23NOS/c1-12-7-8-13(2)15(10-12)19-11-16(18)17-9-5-4-6-14(17)3/h7-8,10,14H,4-6,9,11H2,1-3H3. The second-order valence-electron chi connectivity index (χ2n) is 5.49. The largest absolute Gasteiger partial charge is 0.339 e. The normalized spacial score (nSPS) is 19.5. The number of aryl methyl sites for hydroxylation is 2. The van der Waals surface area contributed by atoms with Crippen LogP contribution in [-0.4, -0.2) is 29.1 Å². The summed E-state index contributed by atoms with van der Waals surface area (Å²) in [6, 6.07) is 6.84. The van der Waals surface area contributed by atoms with Crippen LogP contribution in [-0.2, 0) is 4.79 Å². The lowest BCUT2D eigenvalue weighted by molar-refractivity contribution is -0.131. The van der Waals surface area contributed by atoms with Crippen LogP contribution < -0.4 is 0 Å². The number of piperidine rings is 1. The molecule has 1 aliphatic rings. The Hall–Kier alpha value is -0.960. The van der Waals surface area contributed by atoms with Gasteiger partial charge in [-0.2, -0.15) is 0 Å². The summed E-state index contributed by atoms with van der Waals surface area (Å²) < 4.78 is 0. The first-order valence-electron chi connectivity index (χ1n) is 7.07. The Morgan fingerprint density at radius 3 is 2.89 bits per heavy atom. The summed E-state index contributed by atoms with van der Waals surface area (Å²) in [7, 11) is 0. The molecule has 1 saturated heterocycles. The SMILES string of the molecule is Cc1ccc(C)c(SCC(=O)N2CCCCC2C)c1. The Kier molecular flexibility index (Phi) is 4.92. The smallest absolute Gasteiger partial charge is 0.233 e. The molecule has 0 radical (unpaired) electrons. The van der Waals surface area contributed by atoms with E-state index in [9.17, 15) is 4.79 Å². The Morgan fingerprint density at radius 1 is 1.37 bits per heavy atom. The van der Waals surface area contributed by atoms with Crippen LogP contribution in [0.1, 0.15) is 37.3 Å². The van der Waals surface area contributed by atoms with Crippen molar-refractivity contribution < 1.29 is 4.79 Å². The van der Waals surface area contributed by atoms with Crippen molar-refractivity contribution in [2.24, 2.45) is 0 Å². The van der Waals surface area contributed by atoms with Crippen molar-refractivity contribution in [2.45, 2.75) is 51.0 Å². The molecule has 1 aromatic rings. The Labute approximate surface area is 120 Å². The first kappa shape index (κ1) is 14.4. The van der Waals surface area contributed by atoms with E-state index in [1.807, 2.05) is 0 Å². The highest BCUT2D eigenvalue weighted by Gasteiger charge is 2.22. The molecule has 1 aromatic carbocycles. The van der Waals surface area contributed by atoms with E-state index in [-0.39, 0.29) is 5.91 Å². The quantitative estimate of drug-likeness (QED) is 0.783. The fourth-order valence-corrected chi connectivity index (χ4v) is 3.56. The predicted octanol–water partition coefficient (Wildman–Crippen LogP) is 3.80. The van der Waals surface area contributed by atoms with Gasteiger partial charge >= 0.3 is 0 Å². The van der Waals surface area contributed by atoms with E-state index in [1.165, 1.54) is 22.4 Å². The molecule has 0 saturated carbocycles. The number of rotatable bonds is 3. The van der Waals surface area contributed by atoms with E-state index in [1.54, 1.807) is 11.8 Å². The lowest BCUT2D eigenvalue weighted by Crippen LogP contribution is -2.42. The van der Waals surface area contributed by atoms with Crippen LogP contribution in [0.25, 0.3) is 0 Å². The maximum absolute atomic E-state index is 12.3. The van der Waals surface area contributed by atoms with Gasteiger partial charge in [-0.1, -0.05) is 17.7 Å². The van der Waals surface area contributed by atoms with Crippen molar-refractivity contribution in [1.29, 1.82) is 0 Å². The van der Waals surface area contributed by atoms with Gasteiger partial charge in [0, 0.05) is 17.5 Å². The van der Waals surface area contributed by atoms with E-state index in [0.29, 0.717) is 11.8 Å². The number of hydrogen-bond acceptors (Lipinski definition) is 2. The highest BCUT2D eigenvalue weighted by atomic mass is 32.2. The van der Waals surface area contributed by atoms with Crippen molar-refractivity contribution in [2.75, 3.05) is 12.3 Å². The van der Waals surface area contributed by atoms with Crippen LogP contribution in [0.2, 0.25) is 0 Å². The number of benzene rings is 1. The molecule has 1 unspecified atom stereocenters. The lowest BCUT2D eigenvalue weighted by atomic mass is 10.0. The first-order valence-corrected chi connectivity index (χ1v) is 8.06. The van der Waals surface area contributed by atoms with Crippen molar-refractivity contribution >= 4 is 17.7 Å². The molecule has 104 valence electrons. The average molecular weight is 277 g/mol. The average Bonchev–Trinajstić information content (AvgIpc) is 2.40. The van der Waals surface area contributed by atoms with Crippen molar-refractivity contribution in [1.82, 2.24) is 4.90 Å². The van der Waals surface area contributed by atoms with Gasteiger partial charge in [0.15, 0.2) is 0 Å².